The van der Waals surface area contributed by atoms with Gasteiger partial charge in [-0.05, 0) is 15.9 Å². The second-order valence-electron chi connectivity index (χ2n) is 4.30. The van der Waals surface area contributed by atoms with Crippen molar-refractivity contribution < 1.29 is 14.9 Å². The lowest BCUT2D eigenvalue weighted by Gasteiger charge is -2.14. The summed E-state index contributed by atoms with van der Waals surface area (Å²) in [6, 6.07) is 0. The lowest BCUT2D eigenvalue weighted by molar-refractivity contribution is -0.0439. The minimum absolute atomic E-state index is 0.237. The molecule has 3 atom stereocenters. The first-order valence-corrected chi connectivity index (χ1v) is 6.49. The maximum atomic E-state index is 9.78. The Balaban J connectivity index is 2.06. The molecule has 0 aromatic carbocycles. The number of aromatic nitrogens is 4. The number of hydrogen-bond acceptors (Lipinski definition) is 7. The van der Waals surface area contributed by atoms with E-state index < -0.39 is 18.4 Å². The van der Waals surface area contributed by atoms with Gasteiger partial charge in [-0.3, -0.25) is 4.57 Å². The largest absolute Gasteiger partial charge is 0.394 e. The first-order chi connectivity index (χ1) is 9.11. The molecule has 0 saturated carbocycles. The molecule has 3 heterocycles. The minimum Gasteiger partial charge on any atom is -0.394 e. The smallest absolute Gasteiger partial charge is 0.181 e. The van der Waals surface area contributed by atoms with Crippen molar-refractivity contribution in [1.29, 1.82) is 0 Å². The zero-order chi connectivity index (χ0) is 13.6. The van der Waals surface area contributed by atoms with Crippen LogP contribution in [0, 0.1) is 0 Å². The Labute approximate surface area is 116 Å². The highest BCUT2D eigenvalue weighted by Crippen LogP contribution is 2.34. The standard InChI is InChI=1S/C10H12BrN5O3/c11-10-15-7-8(12)13-3-14-9(7)16(10)6-1-4(18)5(2-17)19-6/h3-6,17-18H,1-2H2,(H2,12,13,14)/t4-,5+,6+/m0/s1/i9+1,10+1,15+1. The number of nitrogens with two attached hydrogens (primary N) is 1. The number of nitrogen functional groups attached to an aromatic ring is 1. The highest BCUT2D eigenvalue weighted by Gasteiger charge is 2.36. The van der Waals surface area contributed by atoms with Crippen LogP contribution < -0.4 is 5.73 Å². The zero-order valence-corrected chi connectivity index (χ0v) is 11.4. The molecule has 1 fully saturated rings. The van der Waals surface area contributed by atoms with E-state index in [4.69, 9.17) is 15.6 Å². The van der Waals surface area contributed by atoms with Gasteiger partial charge in [-0.2, -0.15) is 0 Å². The highest BCUT2D eigenvalue weighted by atomic mass is 79.9. The molecule has 2 aromatic heterocycles. The summed E-state index contributed by atoms with van der Waals surface area (Å²) < 4.78 is 7.77. The van der Waals surface area contributed by atoms with E-state index in [1.54, 1.807) is 4.57 Å². The van der Waals surface area contributed by atoms with E-state index in [0.717, 1.165) is 0 Å². The van der Waals surface area contributed by atoms with E-state index >= 15 is 0 Å². The first-order valence-electron chi connectivity index (χ1n) is 5.70. The molecule has 0 bridgehead atoms. The first kappa shape index (κ1) is 12.7. The quantitative estimate of drug-likeness (QED) is 0.652. The summed E-state index contributed by atoms with van der Waals surface area (Å²) in [6.07, 6.45) is -0.0935. The molecular formula is C10H12BrN5O3. The third kappa shape index (κ3) is 1.98. The van der Waals surface area contributed by atoms with Crippen molar-refractivity contribution in [2.24, 2.45) is 0 Å². The number of aliphatic hydroxyl groups is 2. The van der Waals surface area contributed by atoms with Crippen molar-refractivity contribution in [3.63, 3.8) is 0 Å². The fourth-order valence-electron chi connectivity index (χ4n) is 2.19. The normalized spacial score (nSPS) is 27.2. The fraction of sp³-hybridized carbons (Fsp3) is 0.500. The number of imidazole rings is 1. The molecule has 0 amide bonds. The Morgan fingerprint density at radius 3 is 3.00 bits per heavy atom. The average Bonchev–Trinajstić information content (AvgIpc) is 2.90. The van der Waals surface area contributed by atoms with E-state index in [1.165, 1.54) is 6.33 Å². The second kappa shape index (κ2) is 4.67. The number of hydrogen-bond donors (Lipinski definition) is 3. The molecule has 1 aliphatic rings. The Morgan fingerprint density at radius 2 is 2.32 bits per heavy atom. The van der Waals surface area contributed by atoms with Crippen LogP contribution in [-0.4, -0.2) is 48.5 Å². The van der Waals surface area contributed by atoms with Crippen LogP contribution in [0.3, 0.4) is 0 Å². The Hall–Kier alpha value is -1.29. The van der Waals surface area contributed by atoms with Gasteiger partial charge in [-0.25, -0.2) is 15.0 Å². The van der Waals surface area contributed by atoms with Crippen LogP contribution in [-0.2, 0) is 4.74 Å². The summed E-state index contributed by atoms with van der Waals surface area (Å²) in [5, 5.41) is 18.9. The molecule has 0 spiro atoms. The summed E-state index contributed by atoms with van der Waals surface area (Å²) in [6.45, 7) is -0.237. The molecule has 3 rings (SSSR count). The van der Waals surface area contributed by atoms with E-state index in [1.807, 2.05) is 0 Å². The number of ether oxygens (including phenoxy) is 1. The van der Waals surface area contributed by atoms with E-state index in [9.17, 15) is 5.11 Å². The summed E-state index contributed by atoms with van der Waals surface area (Å²) in [4.78, 5) is 12.3. The highest BCUT2D eigenvalue weighted by molar-refractivity contribution is 9.10. The molecule has 1 saturated heterocycles. The summed E-state index contributed by atoms with van der Waals surface area (Å²) in [5.74, 6) is 0.279. The van der Waals surface area contributed by atoms with Gasteiger partial charge in [-0.15, -0.1) is 0 Å². The topological polar surface area (TPSA) is 119 Å². The van der Waals surface area contributed by atoms with Gasteiger partial charge in [0.2, 0.25) is 0 Å². The second-order valence-corrected chi connectivity index (χ2v) is 5.01. The van der Waals surface area contributed by atoms with Crippen LogP contribution >= 0.6 is 15.9 Å². The van der Waals surface area contributed by atoms with Gasteiger partial charge in [-0.1, -0.05) is 0 Å². The zero-order valence-electron chi connectivity index (χ0n) is 9.77. The molecule has 0 unspecified atom stereocenters. The molecule has 0 aliphatic carbocycles. The van der Waals surface area contributed by atoms with Crippen LogP contribution in [0.5, 0.6) is 0 Å². The van der Waals surface area contributed by atoms with Crippen molar-refractivity contribution in [2.45, 2.75) is 24.9 Å². The average molecular weight is 333 g/mol. The third-order valence-corrected chi connectivity index (χ3v) is 3.69. The number of aliphatic hydroxyl groups excluding tert-OH is 2. The van der Waals surface area contributed by atoms with Gasteiger partial charge < -0.3 is 20.7 Å². The van der Waals surface area contributed by atoms with Gasteiger partial charge in [0.15, 0.2) is 21.7 Å². The molecule has 1 aliphatic heterocycles. The maximum absolute atomic E-state index is 9.78. The summed E-state index contributed by atoms with van der Waals surface area (Å²) >= 11 is 3.32. The van der Waals surface area contributed by atoms with Gasteiger partial charge >= 0.3 is 0 Å². The van der Waals surface area contributed by atoms with E-state index in [-0.39, 0.29) is 12.4 Å². The lowest BCUT2D eigenvalue weighted by atomic mass is 10.2. The summed E-state index contributed by atoms with van der Waals surface area (Å²) in [5.41, 5.74) is 6.74. The lowest BCUT2D eigenvalue weighted by Crippen LogP contribution is -2.24. The van der Waals surface area contributed by atoms with E-state index in [2.05, 4.69) is 30.9 Å². The Morgan fingerprint density at radius 1 is 1.53 bits per heavy atom. The Kier molecular flexibility index (Phi) is 3.13. The molecule has 9 heteroatoms. The number of rotatable bonds is 2. The predicted molar refractivity (Wildman–Crippen MR) is 69.1 cm³/mol. The van der Waals surface area contributed by atoms with Crippen molar-refractivity contribution in [3.05, 3.63) is 11.1 Å². The van der Waals surface area contributed by atoms with E-state index in [0.29, 0.717) is 22.3 Å². The molecule has 0 radical (unpaired) electrons. The van der Waals surface area contributed by atoms with Gasteiger partial charge in [0, 0.05) is 6.42 Å². The third-order valence-electron chi connectivity index (χ3n) is 3.13. The summed E-state index contributed by atoms with van der Waals surface area (Å²) in [7, 11) is 0. The molecule has 19 heavy (non-hydrogen) atoms. The van der Waals surface area contributed by atoms with Gasteiger partial charge in [0.05, 0.1) is 12.7 Å². The number of nitrogens with zero attached hydrogens (tertiary/aromatic N) is 4. The molecule has 2 aromatic rings. The molecular weight excluding hydrogens is 321 g/mol. The number of anilines is 1. The Bertz CT molecular complexity index is 618. The molecule has 102 valence electrons. The van der Waals surface area contributed by atoms with Gasteiger partial charge in [0.1, 0.15) is 18.7 Å². The number of fused-ring (bicyclic) bond motifs is 1. The minimum atomic E-state index is -0.724. The van der Waals surface area contributed by atoms with Crippen molar-refractivity contribution in [3.8, 4) is 0 Å². The van der Waals surface area contributed by atoms with Crippen LogP contribution in [0.4, 0.5) is 5.82 Å². The SMILES string of the molecule is Nc1ncn[13c]2c1[15n][13c](Br)n2[C@H]1C[C@H](O)[C@@H](CO)O1. The van der Waals surface area contributed by atoms with Gasteiger partial charge in [0.25, 0.3) is 0 Å². The number of halogens is 1. The predicted octanol–water partition coefficient (Wildman–Crippen LogP) is -0.188. The van der Waals surface area contributed by atoms with Crippen LogP contribution in [0.1, 0.15) is 12.6 Å². The molecule has 8 nitrogen and oxygen atoms in total. The van der Waals surface area contributed by atoms with Crippen molar-refractivity contribution in [1.82, 2.24) is 19.5 Å². The van der Waals surface area contributed by atoms with Crippen LogP contribution in [0.25, 0.3) is 11.2 Å². The maximum Gasteiger partial charge on any atom is 0.181 e. The van der Waals surface area contributed by atoms with Crippen molar-refractivity contribution >= 4 is 32.9 Å². The molecule has 4 N–H and O–H groups in total. The monoisotopic (exact) mass is 332 g/mol. The van der Waals surface area contributed by atoms with Crippen LogP contribution in [0.15, 0.2) is 11.1 Å². The van der Waals surface area contributed by atoms with Crippen LogP contribution in [0.2, 0.25) is 0 Å². The fourth-order valence-corrected chi connectivity index (χ4v) is 2.77. The van der Waals surface area contributed by atoms with Crippen molar-refractivity contribution in [2.75, 3.05) is 12.3 Å².